The number of nitrogens with two attached hydrogens (primary N) is 2. The number of nitrogen functional groups attached to an aromatic ring is 2. The number of hydrogen-bond donors (Lipinski definition) is 5. The Labute approximate surface area is 211 Å². The molecule has 2 amide bonds. The Kier molecular flexibility index (Phi) is 7.69. The van der Waals surface area contributed by atoms with E-state index in [9.17, 15) is 14.7 Å². The van der Waals surface area contributed by atoms with Crippen molar-refractivity contribution < 1.29 is 14.7 Å². The fourth-order valence-electron chi connectivity index (χ4n) is 3.39. The summed E-state index contributed by atoms with van der Waals surface area (Å²) < 4.78 is 0. The molecule has 0 bridgehead atoms. The maximum atomic E-state index is 12.7. The van der Waals surface area contributed by atoms with Crippen LogP contribution in [0.1, 0.15) is 20.7 Å². The third-order valence-corrected chi connectivity index (χ3v) is 7.16. The van der Waals surface area contributed by atoms with Gasteiger partial charge in [0, 0.05) is 26.7 Å². The number of carbonyl (C=O) groups excluding carboxylic acids is 2. The number of amides is 2. The lowest BCUT2D eigenvalue weighted by molar-refractivity contribution is 0.0952. The molecule has 0 atom stereocenters. The van der Waals surface area contributed by atoms with E-state index >= 15 is 0 Å². The Morgan fingerprint density at radius 2 is 1.29 bits per heavy atom. The first kappa shape index (κ1) is 24.3. The molecule has 4 aromatic rings. The van der Waals surface area contributed by atoms with Crippen molar-refractivity contribution >= 4 is 57.5 Å². The van der Waals surface area contributed by atoms with Crippen LogP contribution < -0.4 is 22.1 Å². The largest absolute Gasteiger partial charge is 0.507 e. The van der Waals surface area contributed by atoms with Gasteiger partial charge in [0.25, 0.3) is 11.8 Å². The van der Waals surface area contributed by atoms with Crippen LogP contribution in [-0.2, 0) is 0 Å². The molecule has 0 radical (unpaired) electrons. The standard InChI is InChI=1S/C26H24N4O3S2/c27-20-5-1-3-7-23(20)34-14-29-25(32)17-10-9-16-13-22(31)19(12-18(16)11-17)26(33)30-15-35-24-8-4-2-6-21(24)28/h1-13,31H,14-15,27-28H2,(H,29,32)(H,30,33). The Morgan fingerprint density at radius 1 is 0.714 bits per heavy atom. The van der Waals surface area contributed by atoms with E-state index in [1.807, 2.05) is 42.5 Å². The Balaban J connectivity index is 1.42. The third kappa shape index (κ3) is 6.00. The highest BCUT2D eigenvalue weighted by Crippen LogP contribution is 2.28. The van der Waals surface area contributed by atoms with Gasteiger partial charge in [0.2, 0.25) is 0 Å². The fourth-order valence-corrected chi connectivity index (χ4v) is 4.93. The van der Waals surface area contributed by atoms with Gasteiger partial charge in [-0.2, -0.15) is 0 Å². The van der Waals surface area contributed by atoms with E-state index in [0.717, 1.165) is 9.79 Å². The van der Waals surface area contributed by atoms with Gasteiger partial charge in [0.1, 0.15) is 5.75 Å². The van der Waals surface area contributed by atoms with Gasteiger partial charge in [0.05, 0.1) is 17.3 Å². The predicted octanol–water partition coefficient (Wildman–Crippen LogP) is 4.67. The highest BCUT2D eigenvalue weighted by atomic mass is 32.2. The first-order valence-corrected chi connectivity index (χ1v) is 12.7. The number of carbonyl (C=O) groups is 2. The second kappa shape index (κ2) is 11.1. The number of aromatic hydroxyl groups is 1. The molecule has 0 fully saturated rings. The predicted molar refractivity (Wildman–Crippen MR) is 144 cm³/mol. The summed E-state index contributed by atoms with van der Waals surface area (Å²) in [6.45, 7) is 0. The summed E-state index contributed by atoms with van der Waals surface area (Å²) >= 11 is 2.83. The molecule has 0 spiro atoms. The number of hydrogen-bond acceptors (Lipinski definition) is 7. The highest BCUT2D eigenvalue weighted by molar-refractivity contribution is 7.99. The van der Waals surface area contributed by atoms with Crippen molar-refractivity contribution in [2.45, 2.75) is 9.79 Å². The van der Waals surface area contributed by atoms with Crippen LogP contribution in [0.5, 0.6) is 5.75 Å². The zero-order valence-corrected chi connectivity index (χ0v) is 20.3. The molecule has 9 heteroatoms. The SMILES string of the molecule is Nc1ccccc1SCNC(=O)c1ccc2cc(O)c(C(=O)NCSc3ccccc3N)cc2c1. The average molecular weight is 505 g/mol. The highest BCUT2D eigenvalue weighted by Gasteiger charge is 2.14. The van der Waals surface area contributed by atoms with E-state index in [1.165, 1.54) is 29.6 Å². The number of phenolic OH excluding ortho intramolecular Hbond substituents is 1. The lowest BCUT2D eigenvalue weighted by Gasteiger charge is -2.11. The Hall–Kier alpha value is -3.82. The van der Waals surface area contributed by atoms with Crippen molar-refractivity contribution in [3.8, 4) is 5.75 Å². The van der Waals surface area contributed by atoms with E-state index in [-0.39, 0.29) is 23.1 Å². The molecule has 0 saturated heterocycles. The molecule has 0 heterocycles. The quantitative estimate of drug-likeness (QED) is 0.134. The summed E-state index contributed by atoms with van der Waals surface area (Å²) in [5, 5.41) is 17.4. The molecule has 0 saturated carbocycles. The van der Waals surface area contributed by atoms with Gasteiger partial charge in [-0.05, 0) is 59.3 Å². The third-order valence-electron chi connectivity index (χ3n) is 5.22. The zero-order valence-electron chi connectivity index (χ0n) is 18.7. The molecule has 0 aliphatic carbocycles. The first-order valence-electron chi connectivity index (χ1n) is 10.7. The number of nitrogens with one attached hydrogen (secondary N) is 2. The van der Waals surface area contributed by atoms with Crippen molar-refractivity contribution in [1.29, 1.82) is 0 Å². The number of para-hydroxylation sites is 2. The van der Waals surface area contributed by atoms with Crippen molar-refractivity contribution in [3.05, 3.63) is 90.0 Å². The van der Waals surface area contributed by atoms with Crippen LogP contribution in [0.3, 0.4) is 0 Å². The number of rotatable bonds is 8. The molecule has 35 heavy (non-hydrogen) atoms. The normalized spacial score (nSPS) is 10.7. The van der Waals surface area contributed by atoms with Crippen molar-refractivity contribution in [2.24, 2.45) is 0 Å². The lowest BCUT2D eigenvalue weighted by Crippen LogP contribution is -2.23. The molecule has 7 nitrogen and oxygen atoms in total. The number of benzene rings is 4. The average Bonchev–Trinajstić information content (AvgIpc) is 2.85. The summed E-state index contributed by atoms with van der Waals surface area (Å²) in [7, 11) is 0. The van der Waals surface area contributed by atoms with Gasteiger partial charge in [-0.25, -0.2) is 0 Å². The van der Waals surface area contributed by atoms with Gasteiger partial charge in [-0.3, -0.25) is 9.59 Å². The van der Waals surface area contributed by atoms with Crippen LogP contribution in [0.25, 0.3) is 10.8 Å². The molecular formula is C26H24N4O3S2. The minimum Gasteiger partial charge on any atom is -0.507 e. The van der Waals surface area contributed by atoms with E-state index in [4.69, 9.17) is 11.5 Å². The molecule has 4 aromatic carbocycles. The summed E-state index contributed by atoms with van der Waals surface area (Å²) in [5.41, 5.74) is 13.7. The molecule has 0 aliphatic rings. The molecule has 0 aliphatic heterocycles. The summed E-state index contributed by atoms with van der Waals surface area (Å²) in [6, 6.07) is 23.1. The van der Waals surface area contributed by atoms with Gasteiger partial charge in [-0.1, -0.05) is 30.3 Å². The number of phenols is 1. The Morgan fingerprint density at radius 3 is 1.89 bits per heavy atom. The smallest absolute Gasteiger partial charge is 0.255 e. The van der Waals surface area contributed by atoms with Crippen LogP contribution in [-0.4, -0.2) is 28.7 Å². The van der Waals surface area contributed by atoms with Gasteiger partial charge in [0.15, 0.2) is 0 Å². The Bertz CT molecular complexity index is 1390. The van der Waals surface area contributed by atoms with Gasteiger partial charge < -0.3 is 27.2 Å². The zero-order chi connectivity index (χ0) is 24.8. The molecular weight excluding hydrogens is 480 g/mol. The fraction of sp³-hybridized carbons (Fsp3) is 0.0769. The van der Waals surface area contributed by atoms with Crippen LogP contribution >= 0.6 is 23.5 Å². The van der Waals surface area contributed by atoms with Crippen molar-refractivity contribution in [2.75, 3.05) is 23.2 Å². The number of anilines is 2. The van der Waals surface area contributed by atoms with Crippen molar-refractivity contribution in [1.82, 2.24) is 10.6 Å². The monoisotopic (exact) mass is 504 g/mol. The summed E-state index contributed by atoms with van der Waals surface area (Å²) in [6.07, 6.45) is 0. The van der Waals surface area contributed by atoms with E-state index in [0.29, 0.717) is 33.6 Å². The molecule has 0 aromatic heterocycles. The minimum absolute atomic E-state index is 0.131. The molecule has 0 unspecified atom stereocenters. The molecule has 7 N–H and O–H groups in total. The van der Waals surface area contributed by atoms with Crippen LogP contribution in [0.15, 0.2) is 88.7 Å². The van der Waals surface area contributed by atoms with E-state index in [1.54, 1.807) is 30.3 Å². The second-order valence-electron chi connectivity index (χ2n) is 7.60. The van der Waals surface area contributed by atoms with E-state index in [2.05, 4.69) is 10.6 Å². The van der Waals surface area contributed by atoms with Crippen LogP contribution in [0.4, 0.5) is 11.4 Å². The summed E-state index contributed by atoms with van der Waals surface area (Å²) in [4.78, 5) is 27.1. The molecule has 178 valence electrons. The maximum Gasteiger partial charge on any atom is 0.255 e. The van der Waals surface area contributed by atoms with Crippen LogP contribution in [0.2, 0.25) is 0 Å². The topological polar surface area (TPSA) is 130 Å². The minimum atomic E-state index is -0.418. The first-order chi connectivity index (χ1) is 16.9. The van der Waals surface area contributed by atoms with Crippen LogP contribution in [0, 0.1) is 0 Å². The summed E-state index contributed by atoms with van der Waals surface area (Å²) in [5.74, 6) is -0.148. The number of fused-ring (bicyclic) bond motifs is 1. The number of thioether (sulfide) groups is 2. The van der Waals surface area contributed by atoms with Crippen molar-refractivity contribution in [3.63, 3.8) is 0 Å². The lowest BCUT2D eigenvalue weighted by atomic mass is 10.0. The molecule has 4 rings (SSSR count). The maximum absolute atomic E-state index is 12.7. The second-order valence-corrected chi connectivity index (χ2v) is 9.63. The van der Waals surface area contributed by atoms with Gasteiger partial charge >= 0.3 is 0 Å². The van der Waals surface area contributed by atoms with Gasteiger partial charge in [-0.15, -0.1) is 23.5 Å². The van der Waals surface area contributed by atoms with E-state index < -0.39 is 5.91 Å².